The number of hydrogen-bond donors (Lipinski definition) is 1. The van der Waals surface area contributed by atoms with Gasteiger partial charge in [0.15, 0.2) is 0 Å². The van der Waals surface area contributed by atoms with Crippen LogP contribution in [-0.4, -0.2) is 32.6 Å². The highest BCUT2D eigenvalue weighted by molar-refractivity contribution is 7.90. The van der Waals surface area contributed by atoms with E-state index in [9.17, 15) is 8.42 Å². The zero-order chi connectivity index (χ0) is 15.7. The summed E-state index contributed by atoms with van der Waals surface area (Å²) in [4.78, 5) is 0. The monoisotopic (exact) mass is 313 g/mol. The molecule has 1 aliphatic rings. The minimum Gasteiger partial charge on any atom is -0.493 e. The molecule has 5 nitrogen and oxygen atoms in total. The summed E-state index contributed by atoms with van der Waals surface area (Å²) < 4.78 is 33.6. The van der Waals surface area contributed by atoms with Crippen molar-refractivity contribution in [3.05, 3.63) is 23.8 Å². The van der Waals surface area contributed by atoms with Crippen molar-refractivity contribution in [3.63, 3.8) is 0 Å². The molecule has 0 aromatic heterocycles. The van der Waals surface area contributed by atoms with Gasteiger partial charge in [0.1, 0.15) is 26.9 Å². The maximum atomic E-state index is 11.1. The Hall–Kier alpha value is -1.27. The zero-order valence-corrected chi connectivity index (χ0v) is 13.6. The number of sulfone groups is 1. The minimum atomic E-state index is -2.94. The lowest BCUT2D eigenvalue weighted by Crippen LogP contribution is -2.37. The van der Waals surface area contributed by atoms with Gasteiger partial charge in [-0.2, -0.15) is 0 Å². The minimum absolute atomic E-state index is 0.0389. The zero-order valence-electron chi connectivity index (χ0n) is 12.8. The number of nitrogens with two attached hydrogens (primary N) is 1. The van der Waals surface area contributed by atoms with Gasteiger partial charge in [-0.3, -0.25) is 0 Å². The van der Waals surface area contributed by atoms with Crippen LogP contribution in [0.15, 0.2) is 18.2 Å². The van der Waals surface area contributed by atoms with E-state index in [4.69, 9.17) is 15.2 Å². The number of rotatable bonds is 5. The van der Waals surface area contributed by atoms with Gasteiger partial charge in [-0.1, -0.05) is 6.07 Å². The van der Waals surface area contributed by atoms with Crippen LogP contribution in [0.1, 0.15) is 38.3 Å². The van der Waals surface area contributed by atoms with E-state index in [0.717, 1.165) is 17.7 Å². The Morgan fingerprint density at radius 2 is 2.14 bits per heavy atom. The smallest absolute Gasteiger partial charge is 0.147 e. The molecule has 0 aliphatic carbocycles. The van der Waals surface area contributed by atoms with Gasteiger partial charge in [-0.25, -0.2) is 8.42 Å². The molecule has 0 spiro atoms. The molecule has 1 heterocycles. The molecule has 1 aliphatic heterocycles. The van der Waals surface area contributed by atoms with E-state index >= 15 is 0 Å². The van der Waals surface area contributed by atoms with Gasteiger partial charge in [-0.15, -0.1) is 0 Å². The summed E-state index contributed by atoms with van der Waals surface area (Å²) in [6, 6.07) is 5.56. The molecule has 2 N–H and O–H groups in total. The average Bonchev–Trinajstić information content (AvgIpc) is 2.31. The molecule has 0 fully saturated rings. The Labute approximate surface area is 126 Å². The van der Waals surface area contributed by atoms with Crippen LogP contribution in [-0.2, 0) is 9.84 Å². The maximum Gasteiger partial charge on any atom is 0.147 e. The second-order valence-corrected chi connectivity index (χ2v) is 8.46. The highest BCUT2D eigenvalue weighted by atomic mass is 32.2. The van der Waals surface area contributed by atoms with Crippen LogP contribution in [0, 0.1) is 0 Å². The van der Waals surface area contributed by atoms with Crippen LogP contribution in [0.25, 0.3) is 0 Å². The van der Waals surface area contributed by atoms with E-state index < -0.39 is 9.84 Å². The fourth-order valence-electron chi connectivity index (χ4n) is 2.49. The van der Waals surface area contributed by atoms with Crippen LogP contribution < -0.4 is 15.2 Å². The number of benzene rings is 1. The number of hydrogen-bond acceptors (Lipinski definition) is 5. The third-order valence-electron chi connectivity index (χ3n) is 3.41. The van der Waals surface area contributed by atoms with Gasteiger partial charge in [0, 0.05) is 30.3 Å². The Morgan fingerprint density at radius 3 is 2.81 bits per heavy atom. The molecule has 1 aromatic rings. The quantitative estimate of drug-likeness (QED) is 0.842. The van der Waals surface area contributed by atoms with Gasteiger partial charge in [0.05, 0.1) is 12.4 Å². The summed E-state index contributed by atoms with van der Waals surface area (Å²) in [6.45, 7) is 4.38. The van der Waals surface area contributed by atoms with Crippen LogP contribution in [0.4, 0.5) is 0 Å². The van der Waals surface area contributed by atoms with Crippen molar-refractivity contribution in [2.45, 2.75) is 38.3 Å². The van der Waals surface area contributed by atoms with Crippen molar-refractivity contribution in [1.29, 1.82) is 0 Å². The number of fused-ring (bicyclic) bond motifs is 1. The van der Waals surface area contributed by atoms with E-state index in [-0.39, 0.29) is 17.4 Å². The first-order chi connectivity index (χ1) is 9.66. The van der Waals surface area contributed by atoms with E-state index in [1.54, 1.807) is 0 Å². The molecule has 0 radical (unpaired) electrons. The molecule has 0 bridgehead atoms. The van der Waals surface area contributed by atoms with Gasteiger partial charge in [0.2, 0.25) is 0 Å². The van der Waals surface area contributed by atoms with Gasteiger partial charge in [-0.05, 0) is 26.3 Å². The lowest BCUT2D eigenvalue weighted by molar-refractivity contribution is 0.0724. The molecule has 118 valence electrons. The van der Waals surface area contributed by atoms with Gasteiger partial charge >= 0.3 is 0 Å². The van der Waals surface area contributed by atoms with Crippen LogP contribution in [0.3, 0.4) is 0 Å². The van der Waals surface area contributed by atoms with Crippen LogP contribution >= 0.6 is 0 Å². The third kappa shape index (κ3) is 4.61. The second-order valence-electron chi connectivity index (χ2n) is 6.20. The van der Waals surface area contributed by atoms with Crippen molar-refractivity contribution < 1.29 is 17.9 Å². The molecule has 1 unspecified atom stereocenters. The fraction of sp³-hybridized carbons (Fsp3) is 0.600. The summed E-state index contributed by atoms with van der Waals surface area (Å²) in [5, 5.41) is 0. The Bertz CT molecular complexity index is 610. The van der Waals surface area contributed by atoms with Crippen molar-refractivity contribution in [2.75, 3.05) is 18.6 Å². The van der Waals surface area contributed by atoms with Crippen molar-refractivity contribution in [3.8, 4) is 11.5 Å². The predicted octanol–water partition coefficient (Wildman–Crippen LogP) is 2.06. The van der Waals surface area contributed by atoms with E-state index in [1.807, 2.05) is 32.0 Å². The SMILES string of the molecule is CC1(C)CC(N)c2ccc(OCCCS(C)(=O)=O)cc2O1. The number of ether oxygens (including phenoxy) is 2. The molecule has 0 saturated heterocycles. The average molecular weight is 313 g/mol. The molecule has 0 amide bonds. The van der Waals surface area contributed by atoms with E-state index in [0.29, 0.717) is 18.8 Å². The highest BCUT2D eigenvalue weighted by Gasteiger charge is 2.31. The molecular formula is C15H23NO4S. The molecule has 1 atom stereocenters. The Balaban J connectivity index is 2.01. The van der Waals surface area contributed by atoms with Gasteiger partial charge in [0.25, 0.3) is 0 Å². The molecule has 6 heteroatoms. The molecule has 2 rings (SSSR count). The molecule has 21 heavy (non-hydrogen) atoms. The fourth-order valence-corrected chi connectivity index (χ4v) is 3.13. The Kier molecular flexibility index (Phi) is 4.49. The normalized spacial score (nSPS) is 20.5. The maximum absolute atomic E-state index is 11.1. The first kappa shape index (κ1) is 16.1. The van der Waals surface area contributed by atoms with Crippen molar-refractivity contribution in [2.24, 2.45) is 5.73 Å². The highest BCUT2D eigenvalue weighted by Crippen LogP contribution is 2.39. The van der Waals surface area contributed by atoms with Gasteiger partial charge < -0.3 is 15.2 Å². The summed E-state index contributed by atoms with van der Waals surface area (Å²) in [5.41, 5.74) is 6.85. The molecule has 1 aromatic carbocycles. The summed E-state index contributed by atoms with van der Waals surface area (Å²) in [6.07, 6.45) is 2.47. The van der Waals surface area contributed by atoms with Crippen molar-refractivity contribution in [1.82, 2.24) is 0 Å². The summed E-state index contributed by atoms with van der Waals surface area (Å²) in [7, 11) is -2.94. The topological polar surface area (TPSA) is 78.6 Å². The van der Waals surface area contributed by atoms with Crippen molar-refractivity contribution >= 4 is 9.84 Å². The summed E-state index contributed by atoms with van der Waals surface area (Å²) >= 11 is 0. The van der Waals surface area contributed by atoms with Crippen LogP contribution in [0.2, 0.25) is 0 Å². The van der Waals surface area contributed by atoms with E-state index in [2.05, 4.69) is 0 Å². The molecular weight excluding hydrogens is 290 g/mol. The lowest BCUT2D eigenvalue weighted by atomic mass is 9.90. The lowest BCUT2D eigenvalue weighted by Gasteiger charge is -2.36. The largest absolute Gasteiger partial charge is 0.493 e. The van der Waals surface area contributed by atoms with E-state index in [1.165, 1.54) is 6.26 Å². The summed E-state index contributed by atoms with van der Waals surface area (Å²) in [5.74, 6) is 1.55. The first-order valence-electron chi connectivity index (χ1n) is 7.05. The first-order valence-corrected chi connectivity index (χ1v) is 9.11. The molecule has 0 saturated carbocycles. The second kappa shape index (κ2) is 5.85. The standard InChI is InChI=1S/C15H23NO4S/c1-15(2)10-13(16)12-6-5-11(9-14(12)20-15)19-7-4-8-21(3,17)18/h5-6,9,13H,4,7-8,10,16H2,1-3H3. The third-order valence-corrected chi connectivity index (χ3v) is 4.44. The van der Waals surface area contributed by atoms with Crippen LogP contribution in [0.5, 0.6) is 11.5 Å². The Morgan fingerprint density at radius 1 is 1.43 bits per heavy atom. The predicted molar refractivity (Wildman–Crippen MR) is 82.5 cm³/mol.